The Morgan fingerprint density at radius 3 is 3.10 bits per heavy atom. The van der Waals surface area contributed by atoms with E-state index >= 15 is 0 Å². The third kappa shape index (κ3) is 3.46. The van der Waals surface area contributed by atoms with E-state index in [0.29, 0.717) is 21.3 Å². The molecular weight excluding hydrogens is 506 g/mol. The van der Waals surface area contributed by atoms with E-state index in [4.69, 9.17) is 22.0 Å². The first-order valence-electron chi connectivity index (χ1n) is 6.25. The average Bonchev–Trinajstić information content (AvgIpc) is 3.00. The molecule has 4 unspecified atom stereocenters. The summed E-state index contributed by atoms with van der Waals surface area (Å²) in [6.07, 6.45) is 1.40. The summed E-state index contributed by atoms with van der Waals surface area (Å²) in [4.78, 5) is 8.36. The van der Waals surface area contributed by atoms with Gasteiger partial charge in [0.05, 0.1) is 0 Å². The van der Waals surface area contributed by atoms with Gasteiger partial charge >= 0.3 is 142 Å². The van der Waals surface area contributed by atoms with E-state index in [1.165, 1.54) is 0 Å². The molecule has 110 valence electrons. The van der Waals surface area contributed by atoms with Crippen LogP contribution < -0.4 is 0 Å². The van der Waals surface area contributed by atoms with Crippen molar-refractivity contribution in [2.24, 2.45) is 4.99 Å². The molecule has 1 aromatic heterocycles. The Bertz CT molecular complexity index is 550. The Kier molecular flexibility index (Phi) is 6.31. The van der Waals surface area contributed by atoms with Gasteiger partial charge in [-0.1, -0.05) is 0 Å². The van der Waals surface area contributed by atoms with Gasteiger partial charge in [-0.25, -0.2) is 0 Å². The van der Waals surface area contributed by atoms with Gasteiger partial charge in [0.25, 0.3) is 0 Å². The molecule has 1 heterocycles. The summed E-state index contributed by atoms with van der Waals surface area (Å²) < 4.78 is 21.9. The van der Waals surface area contributed by atoms with Crippen LogP contribution in [0, 0.1) is 0 Å². The van der Waals surface area contributed by atoms with E-state index in [9.17, 15) is 0 Å². The Labute approximate surface area is 141 Å². The second-order valence-electron chi connectivity index (χ2n) is 4.10. The first-order chi connectivity index (χ1) is 10.0. The van der Waals surface area contributed by atoms with Crippen molar-refractivity contribution < 1.29 is 29.8 Å². The summed E-state index contributed by atoms with van der Waals surface area (Å²) >= 11 is 7.20. The van der Waals surface area contributed by atoms with Crippen molar-refractivity contribution in [1.82, 2.24) is 9.55 Å². The molecule has 0 radical (unpaired) electrons. The molecule has 7 atom stereocenters. The van der Waals surface area contributed by atoms with Crippen molar-refractivity contribution in [2.75, 3.05) is 0 Å². The summed E-state index contributed by atoms with van der Waals surface area (Å²) in [5.74, 6) is 0.619. The molecule has 0 spiro atoms. The Balaban J connectivity index is 2.37. The summed E-state index contributed by atoms with van der Waals surface area (Å²) in [6.45, 7) is 3.60. The van der Waals surface area contributed by atoms with Crippen LogP contribution in [0.5, 0.6) is 0 Å². The second-order valence-corrected chi connectivity index (χ2v) is 8.29. The van der Waals surface area contributed by atoms with E-state index in [-0.39, 0.29) is 33.1 Å². The fourth-order valence-electron chi connectivity index (χ4n) is 2.29. The van der Waals surface area contributed by atoms with Crippen LogP contribution in [0.1, 0.15) is 25.9 Å². The van der Waals surface area contributed by atoms with Gasteiger partial charge in [0.1, 0.15) is 0 Å². The van der Waals surface area contributed by atoms with E-state index in [1.54, 1.807) is 6.33 Å². The molecule has 10 heteroatoms. The maximum absolute atomic E-state index is 8.20. The second kappa shape index (κ2) is 7.98. The normalized spacial score (nSPS) is 30.9. The predicted octanol–water partition coefficient (Wildman–Crippen LogP) is 2.76. The number of nitrogens with zero attached hydrogens (tertiary/aromatic N) is 3. The van der Waals surface area contributed by atoms with Crippen molar-refractivity contribution in [3.05, 3.63) is 12.0 Å². The molecule has 2 rings (SSSR count). The fourth-order valence-corrected chi connectivity index (χ4v) is 4.13. The van der Waals surface area contributed by atoms with Gasteiger partial charge in [-0.2, -0.15) is 0 Å². The Morgan fingerprint density at radius 1 is 1.80 bits per heavy atom. The quantitative estimate of drug-likeness (QED) is 0.426. The van der Waals surface area contributed by atoms with E-state index in [0.717, 1.165) is 19.4 Å². The molecule has 1 aliphatic rings. The molecule has 5 nitrogen and oxygen atoms in total. The number of aliphatic imine (C=N–C) groups is 1. The van der Waals surface area contributed by atoms with Gasteiger partial charge in [-0.15, -0.1) is 0 Å². The average molecular weight is 523 g/mol. The minimum absolute atomic E-state index is 0.0795. The molecule has 1 aliphatic carbocycles. The zero-order valence-corrected chi connectivity index (χ0v) is 17.4. The molecule has 0 amide bonds. The SMILES string of the molecule is [3H]C1C[C@@H](n2cnc([C](Cl)=[W])c2N=C)[C@H](OP)[C@@H]1OPP. The number of halogens is 1. The van der Waals surface area contributed by atoms with Crippen LogP contribution >= 0.6 is 38.5 Å². The van der Waals surface area contributed by atoms with Crippen LogP contribution in [-0.4, -0.2) is 31.8 Å². The van der Waals surface area contributed by atoms with Crippen molar-refractivity contribution in [3.63, 3.8) is 0 Å². The fraction of sp³-hybridized carbons (Fsp3) is 0.500. The molecule has 0 saturated heterocycles. The molecule has 0 N–H and O–H groups in total. The van der Waals surface area contributed by atoms with Crippen molar-refractivity contribution in [1.29, 1.82) is 0 Å². The standard InChI is InChI=1S/C10H15ClN3O2P3.W/c1-12-10-6(4-11)13-5-14(10)7-2-3-8(16-19-18)9(7)15-17;/h5,7-9,19H,1-3,17-18H2;/t7-,8-,9+;/m1./s1/i3T;/t3?,7-,8-,9+;. The first-order valence-corrected chi connectivity index (χ1v) is 10.7. The topological polar surface area (TPSA) is 48.6 Å². The molecule has 1 saturated carbocycles. The molecule has 0 aliphatic heterocycles. The maximum atomic E-state index is 8.20. The van der Waals surface area contributed by atoms with Gasteiger partial charge in [-0.05, 0) is 0 Å². The van der Waals surface area contributed by atoms with E-state index in [2.05, 4.69) is 35.1 Å². The number of imidazole rings is 1. The summed E-state index contributed by atoms with van der Waals surface area (Å²) in [7, 11) is 5.04. The summed E-state index contributed by atoms with van der Waals surface area (Å²) in [5.41, 5.74) is 0.642. The zero-order chi connectivity index (χ0) is 15.6. The monoisotopic (exact) mass is 523 g/mol. The number of aromatic nitrogens is 2. The van der Waals surface area contributed by atoms with Gasteiger partial charge < -0.3 is 0 Å². The predicted molar refractivity (Wildman–Crippen MR) is 87.2 cm³/mol. The van der Waals surface area contributed by atoms with Crippen LogP contribution in [0.15, 0.2) is 11.3 Å². The Morgan fingerprint density at radius 2 is 2.55 bits per heavy atom. The number of hydrogen-bond donors (Lipinski definition) is 0. The zero-order valence-electron chi connectivity index (χ0n) is 11.4. The molecule has 0 aromatic carbocycles. The summed E-state index contributed by atoms with van der Waals surface area (Å²) in [6, 6.07) is -0.0795. The molecule has 1 aromatic rings. The van der Waals surface area contributed by atoms with Crippen LogP contribution in [0.2, 0.25) is 0 Å². The van der Waals surface area contributed by atoms with Gasteiger partial charge in [0.2, 0.25) is 0 Å². The van der Waals surface area contributed by atoms with Crippen LogP contribution in [0.3, 0.4) is 0 Å². The molecule has 0 bridgehead atoms. The van der Waals surface area contributed by atoms with Crippen LogP contribution in [-0.2, 0) is 28.4 Å². The van der Waals surface area contributed by atoms with Gasteiger partial charge in [0, 0.05) is 0 Å². The number of rotatable bonds is 6. The van der Waals surface area contributed by atoms with Gasteiger partial charge in [-0.3, -0.25) is 0 Å². The van der Waals surface area contributed by atoms with Crippen LogP contribution in [0.4, 0.5) is 5.82 Å². The summed E-state index contributed by atoms with van der Waals surface area (Å²) in [5, 5.41) is 0. The molecule has 20 heavy (non-hydrogen) atoms. The minimum atomic E-state index is -0.358. The van der Waals surface area contributed by atoms with Crippen molar-refractivity contribution >= 4 is 54.4 Å². The molecular formula is C10H15ClN3O2P3W. The van der Waals surface area contributed by atoms with Crippen molar-refractivity contribution in [3.8, 4) is 0 Å². The van der Waals surface area contributed by atoms with E-state index in [1.807, 2.05) is 4.57 Å². The third-order valence-electron chi connectivity index (χ3n) is 3.14. The van der Waals surface area contributed by atoms with Gasteiger partial charge in [0.15, 0.2) is 0 Å². The number of hydrogen-bond acceptors (Lipinski definition) is 4. The van der Waals surface area contributed by atoms with Crippen molar-refractivity contribution in [2.45, 2.75) is 31.1 Å². The Hall–Kier alpha value is 0.938. The third-order valence-corrected chi connectivity index (χ3v) is 5.14. The van der Waals surface area contributed by atoms with Crippen LogP contribution in [0.25, 0.3) is 0 Å². The van der Waals surface area contributed by atoms with E-state index < -0.39 is 0 Å². The molecule has 1 fully saturated rings. The first kappa shape index (κ1) is 15.8.